The largest absolute Gasteiger partial charge is 0.480 e. The smallest absolute Gasteiger partial charge is 0.319 e. The van der Waals surface area contributed by atoms with E-state index < -0.39 is 10.7 Å². The number of aliphatic carboxylic acids is 1. The van der Waals surface area contributed by atoms with Crippen LogP contribution in [0.2, 0.25) is 0 Å². The van der Waals surface area contributed by atoms with Crippen LogP contribution < -0.4 is 0 Å². The third-order valence-corrected chi connectivity index (χ3v) is 7.54. The Morgan fingerprint density at radius 2 is 1.45 bits per heavy atom. The third-order valence-electron chi connectivity index (χ3n) is 5.82. The van der Waals surface area contributed by atoms with Gasteiger partial charge < -0.3 is 5.11 Å². The molecule has 0 aromatic heterocycles. The lowest BCUT2D eigenvalue weighted by atomic mass is 9.58. The maximum atomic E-state index is 11.9. The van der Waals surface area contributed by atoms with E-state index in [1.807, 2.05) is 11.8 Å². The van der Waals surface area contributed by atoms with Crippen molar-refractivity contribution in [3.8, 4) is 0 Å². The molecule has 0 aromatic carbocycles. The van der Waals surface area contributed by atoms with Gasteiger partial charge in [0.1, 0.15) is 4.75 Å². The Morgan fingerprint density at radius 3 is 2.00 bits per heavy atom. The van der Waals surface area contributed by atoms with E-state index in [0.29, 0.717) is 10.7 Å². The van der Waals surface area contributed by atoms with Crippen LogP contribution in [0.4, 0.5) is 0 Å². The van der Waals surface area contributed by atoms with Crippen LogP contribution in [-0.2, 0) is 4.79 Å². The molecule has 114 valence electrons. The van der Waals surface area contributed by atoms with E-state index in [2.05, 4.69) is 0 Å². The highest BCUT2D eigenvalue weighted by molar-refractivity contribution is 8.02. The number of carboxylic acid groups (broad SMARTS) is 1. The van der Waals surface area contributed by atoms with E-state index in [-0.39, 0.29) is 0 Å². The van der Waals surface area contributed by atoms with Gasteiger partial charge in [-0.05, 0) is 43.9 Å². The zero-order valence-electron chi connectivity index (χ0n) is 12.5. The van der Waals surface area contributed by atoms with Gasteiger partial charge in [-0.3, -0.25) is 4.79 Å². The van der Waals surface area contributed by atoms with Gasteiger partial charge in [0.2, 0.25) is 0 Å². The maximum absolute atomic E-state index is 11.9. The fourth-order valence-corrected chi connectivity index (χ4v) is 6.87. The number of carboxylic acids is 1. The lowest BCUT2D eigenvalue weighted by Gasteiger charge is -2.55. The lowest BCUT2D eigenvalue weighted by Crippen LogP contribution is -2.55. The molecule has 20 heavy (non-hydrogen) atoms. The van der Waals surface area contributed by atoms with Crippen LogP contribution in [0.5, 0.6) is 0 Å². The van der Waals surface area contributed by atoms with Crippen LogP contribution in [0.3, 0.4) is 0 Å². The van der Waals surface area contributed by atoms with Crippen molar-refractivity contribution in [1.29, 1.82) is 0 Å². The first kappa shape index (κ1) is 14.7. The molecule has 0 bridgehead atoms. The van der Waals surface area contributed by atoms with Crippen molar-refractivity contribution in [2.75, 3.05) is 0 Å². The first-order valence-electron chi connectivity index (χ1n) is 8.56. The monoisotopic (exact) mass is 296 g/mol. The van der Waals surface area contributed by atoms with Gasteiger partial charge in [-0.1, -0.05) is 44.9 Å². The van der Waals surface area contributed by atoms with Crippen molar-refractivity contribution in [1.82, 2.24) is 0 Å². The second-order valence-corrected chi connectivity index (χ2v) is 9.13. The van der Waals surface area contributed by atoms with Gasteiger partial charge >= 0.3 is 5.97 Å². The van der Waals surface area contributed by atoms with Crippen LogP contribution in [0, 0.1) is 5.41 Å². The molecule has 1 spiro atoms. The topological polar surface area (TPSA) is 37.3 Å². The summed E-state index contributed by atoms with van der Waals surface area (Å²) in [4.78, 5) is 11.9. The van der Waals surface area contributed by atoms with Gasteiger partial charge in [0.05, 0.1) is 0 Å². The fourth-order valence-electron chi connectivity index (χ4n) is 4.78. The molecule has 0 unspecified atom stereocenters. The minimum atomic E-state index is -0.525. The van der Waals surface area contributed by atoms with E-state index in [9.17, 15) is 9.90 Å². The Balaban J connectivity index is 1.64. The molecule has 0 radical (unpaired) electrons. The van der Waals surface area contributed by atoms with E-state index in [1.54, 1.807) is 0 Å². The molecule has 0 aliphatic heterocycles. The molecule has 0 atom stereocenters. The van der Waals surface area contributed by atoms with Crippen LogP contribution in [-0.4, -0.2) is 21.1 Å². The SMILES string of the molecule is O=C(O)C1(SC2CCCCC2)CC2(CCCCCC2)C1. The van der Waals surface area contributed by atoms with Crippen LogP contribution >= 0.6 is 11.8 Å². The van der Waals surface area contributed by atoms with E-state index in [0.717, 1.165) is 12.8 Å². The summed E-state index contributed by atoms with van der Waals surface area (Å²) in [5.74, 6) is -0.525. The second kappa shape index (κ2) is 5.90. The Morgan fingerprint density at radius 1 is 0.900 bits per heavy atom. The van der Waals surface area contributed by atoms with E-state index in [4.69, 9.17) is 0 Å². The van der Waals surface area contributed by atoms with Gasteiger partial charge in [0.25, 0.3) is 0 Å². The Hall–Kier alpha value is -0.180. The Kier molecular flexibility index (Phi) is 4.35. The molecule has 0 saturated heterocycles. The van der Waals surface area contributed by atoms with Crippen LogP contribution in [0.15, 0.2) is 0 Å². The molecule has 3 saturated carbocycles. The van der Waals surface area contributed by atoms with E-state index >= 15 is 0 Å². The number of thioether (sulfide) groups is 1. The molecular formula is C17H28O2S. The summed E-state index contributed by atoms with van der Waals surface area (Å²) < 4.78 is -0.424. The van der Waals surface area contributed by atoms with E-state index in [1.165, 1.54) is 70.6 Å². The highest BCUT2D eigenvalue weighted by atomic mass is 32.2. The molecule has 0 amide bonds. The quantitative estimate of drug-likeness (QED) is 0.795. The summed E-state index contributed by atoms with van der Waals surface area (Å²) in [6.45, 7) is 0. The minimum Gasteiger partial charge on any atom is -0.480 e. The van der Waals surface area contributed by atoms with Gasteiger partial charge in [-0.15, -0.1) is 11.8 Å². The van der Waals surface area contributed by atoms with Crippen molar-refractivity contribution in [3.05, 3.63) is 0 Å². The standard InChI is InChI=1S/C17H28O2S/c18-15(19)17(20-14-8-4-3-5-9-14)12-16(13-17)10-6-1-2-7-11-16/h14H,1-13H2,(H,18,19). The van der Waals surface area contributed by atoms with Gasteiger partial charge in [0.15, 0.2) is 0 Å². The third kappa shape index (κ3) is 2.88. The van der Waals surface area contributed by atoms with Crippen LogP contribution in [0.1, 0.15) is 83.5 Å². The number of carbonyl (C=O) groups is 1. The lowest BCUT2D eigenvalue weighted by molar-refractivity contribution is -0.147. The molecule has 0 aromatic rings. The molecule has 3 fully saturated rings. The van der Waals surface area contributed by atoms with Gasteiger partial charge in [0, 0.05) is 5.25 Å². The molecule has 3 aliphatic rings. The first-order valence-corrected chi connectivity index (χ1v) is 9.44. The Bertz CT molecular complexity index is 344. The molecular weight excluding hydrogens is 268 g/mol. The number of hydrogen-bond acceptors (Lipinski definition) is 2. The zero-order valence-corrected chi connectivity index (χ0v) is 13.3. The normalized spacial score (nSPS) is 29.6. The summed E-state index contributed by atoms with van der Waals surface area (Å²) in [5, 5.41) is 10.4. The number of hydrogen-bond donors (Lipinski definition) is 1. The summed E-state index contributed by atoms with van der Waals surface area (Å²) in [6, 6.07) is 0. The number of rotatable bonds is 3. The fraction of sp³-hybridized carbons (Fsp3) is 0.941. The molecule has 3 rings (SSSR count). The van der Waals surface area contributed by atoms with Crippen molar-refractivity contribution in [3.63, 3.8) is 0 Å². The average molecular weight is 296 g/mol. The predicted molar refractivity (Wildman–Crippen MR) is 84.2 cm³/mol. The molecule has 1 N–H and O–H groups in total. The highest BCUT2D eigenvalue weighted by Crippen LogP contribution is 2.62. The molecule has 3 heteroatoms. The minimum absolute atomic E-state index is 0.399. The molecule has 3 aliphatic carbocycles. The van der Waals surface area contributed by atoms with Crippen molar-refractivity contribution in [2.24, 2.45) is 5.41 Å². The summed E-state index contributed by atoms with van der Waals surface area (Å²) in [5.41, 5.74) is 0.399. The molecule has 0 heterocycles. The first-order chi connectivity index (χ1) is 9.64. The van der Waals surface area contributed by atoms with Gasteiger partial charge in [-0.25, -0.2) is 0 Å². The Labute approximate surface area is 127 Å². The van der Waals surface area contributed by atoms with Crippen molar-refractivity contribution < 1.29 is 9.90 Å². The highest BCUT2D eigenvalue weighted by Gasteiger charge is 2.59. The summed E-state index contributed by atoms with van der Waals surface area (Å²) in [7, 11) is 0. The summed E-state index contributed by atoms with van der Waals surface area (Å²) >= 11 is 1.84. The van der Waals surface area contributed by atoms with Crippen LogP contribution in [0.25, 0.3) is 0 Å². The maximum Gasteiger partial charge on any atom is 0.319 e. The zero-order chi connectivity index (χ0) is 14.1. The van der Waals surface area contributed by atoms with Crippen molar-refractivity contribution in [2.45, 2.75) is 93.5 Å². The second-order valence-electron chi connectivity index (χ2n) is 7.45. The summed E-state index contributed by atoms with van der Waals surface area (Å²) in [6.07, 6.45) is 16.3. The van der Waals surface area contributed by atoms with Crippen molar-refractivity contribution >= 4 is 17.7 Å². The van der Waals surface area contributed by atoms with Gasteiger partial charge in [-0.2, -0.15) is 0 Å². The molecule has 2 nitrogen and oxygen atoms in total. The predicted octanol–water partition coefficient (Wildman–Crippen LogP) is 5.01. The average Bonchev–Trinajstić information content (AvgIpc) is 2.64.